The molecule has 5 heteroatoms. The highest BCUT2D eigenvalue weighted by Gasteiger charge is 2.09. The van der Waals surface area contributed by atoms with Crippen LogP contribution in [0.15, 0.2) is 42.5 Å². The van der Waals surface area contributed by atoms with Crippen LogP contribution in [0.3, 0.4) is 0 Å². The lowest BCUT2D eigenvalue weighted by molar-refractivity contribution is 0.102. The van der Waals surface area contributed by atoms with Crippen molar-refractivity contribution < 1.29 is 9.90 Å². The van der Waals surface area contributed by atoms with Crippen LogP contribution in [0, 0.1) is 6.92 Å². The van der Waals surface area contributed by atoms with Gasteiger partial charge in [-0.2, -0.15) is 0 Å². The minimum atomic E-state index is -0.161. The lowest BCUT2D eigenvalue weighted by atomic mass is 10.1. The van der Waals surface area contributed by atoms with E-state index in [9.17, 15) is 4.79 Å². The van der Waals surface area contributed by atoms with Gasteiger partial charge in [-0.1, -0.05) is 12.1 Å². The Labute approximate surface area is 123 Å². The predicted molar refractivity (Wildman–Crippen MR) is 84.2 cm³/mol. The number of hydrogen-bond acceptors (Lipinski definition) is 4. The molecule has 0 aromatic heterocycles. The highest BCUT2D eigenvalue weighted by molar-refractivity contribution is 6.05. The molecule has 110 valence electrons. The largest absolute Gasteiger partial charge is 0.396 e. The van der Waals surface area contributed by atoms with Gasteiger partial charge in [-0.05, 0) is 54.8 Å². The number of anilines is 2. The van der Waals surface area contributed by atoms with Gasteiger partial charge in [0, 0.05) is 23.5 Å². The first-order valence-corrected chi connectivity index (χ1v) is 6.72. The Hall–Kier alpha value is -2.37. The van der Waals surface area contributed by atoms with Crippen LogP contribution < -0.4 is 16.6 Å². The summed E-state index contributed by atoms with van der Waals surface area (Å²) in [6, 6.07) is 12.7. The number of carbonyl (C=O) groups excluding carboxylic acids is 1. The molecule has 21 heavy (non-hydrogen) atoms. The number of hydrogen-bond donors (Lipinski definition) is 4. The quantitative estimate of drug-likeness (QED) is 0.500. The second kappa shape index (κ2) is 6.88. The third-order valence-electron chi connectivity index (χ3n) is 3.25. The van der Waals surface area contributed by atoms with E-state index in [1.807, 2.05) is 37.3 Å². The number of nitrogens with two attached hydrogens (primary N) is 1. The van der Waals surface area contributed by atoms with Crippen molar-refractivity contribution >= 4 is 17.3 Å². The summed E-state index contributed by atoms with van der Waals surface area (Å²) in [4.78, 5) is 12.2. The van der Waals surface area contributed by atoms with Gasteiger partial charge in [0.2, 0.25) is 0 Å². The van der Waals surface area contributed by atoms with E-state index < -0.39 is 0 Å². The topological polar surface area (TPSA) is 87.4 Å². The van der Waals surface area contributed by atoms with Crippen LogP contribution in [-0.4, -0.2) is 17.6 Å². The minimum absolute atomic E-state index is 0.117. The summed E-state index contributed by atoms with van der Waals surface area (Å²) in [6.07, 6.45) is 0.612. The molecule has 2 aromatic carbocycles. The Kier molecular flexibility index (Phi) is 4.92. The Bertz CT molecular complexity index is 624. The van der Waals surface area contributed by atoms with E-state index >= 15 is 0 Å². The van der Waals surface area contributed by atoms with Crippen LogP contribution in [0.4, 0.5) is 11.4 Å². The van der Waals surface area contributed by atoms with Crippen LogP contribution in [0.25, 0.3) is 0 Å². The Morgan fingerprint density at radius 1 is 1.14 bits per heavy atom. The number of nitrogen functional groups attached to an aromatic ring is 1. The van der Waals surface area contributed by atoms with Crippen LogP contribution in [-0.2, 0) is 6.42 Å². The van der Waals surface area contributed by atoms with E-state index in [0.29, 0.717) is 12.0 Å². The molecule has 0 unspecified atom stereocenters. The third kappa shape index (κ3) is 3.81. The number of aliphatic hydroxyl groups excluding tert-OH is 1. The molecule has 0 fully saturated rings. The van der Waals surface area contributed by atoms with Crippen molar-refractivity contribution in [2.75, 3.05) is 17.3 Å². The molecule has 0 saturated heterocycles. The van der Waals surface area contributed by atoms with Gasteiger partial charge in [0.15, 0.2) is 0 Å². The average Bonchev–Trinajstić information content (AvgIpc) is 2.49. The summed E-state index contributed by atoms with van der Waals surface area (Å²) in [5.74, 6) is 5.18. The third-order valence-corrected chi connectivity index (χ3v) is 3.25. The second-order valence-corrected chi connectivity index (χ2v) is 4.80. The van der Waals surface area contributed by atoms with Crippen molar-refractivity contribution in [2.24, 2.45) is 5.84 Å². The molecule has 0 bridgehead atoms. The molecule has 0 saturated carbocycles. The summed E-state index contributed by atoms with van der Waals surface area (Å²) in [6.45, 7) is 1.98. The number of rotatable bonds is 5. The van der Waals surface area contributed by atoms with E-state index in [1.165, 1.54) is 0 Å². The summed E-state index contributed by atoms with van der Waals surface area (Å²) < 4.78 is 0. The molecule has 5 N–H and O–H groups in total. The number of aliphatic hydroxyl groups is 1. The lowest BCUT2D eigenvalue weighted by Crippen LogP contribution is -2.14. The maximum atomic E-state index is 12.2. The first kappa shape index (κ1) is 15.0. The summed E-state index contributed by atoms with van der Waals surface area (Å²) in [5.41, 5.74) is 6.52. The maximum absolute atomic E-state index is 12.2. The number of aryl methyl sites for hydroxylation is 1. The van der Waals surface area contributed by atoms with Crippen LogP contribution in [0.2, 0.25) is 0 Å². The van der Waals surface area contributed by atoms with Crippen LogP contribution >= 0.6 is 0 Å². The summed E-state index contributed by atoms with van der Waals surface area (Å²) in [7, 11) is 0. The molecular formula is C16H19N3O2. The molecule has 0 spiro atoms. The smallest absolute Gasteiger partial charge is 0.255 e. The van der Waals surface area contributed by atoms with Crippen molar-refractivity contribution in [2.45, 2.75) is 13.3 Å². The second-order valence-electron chi connectivity index (χ2n) is 4.80. The number of carbonyl (C=O) groups is 1. The fourth-order valence-corrected chi connectivity index (χ4v) is 2.09. The fourth-order valence-electron chi connectivity index (χ4n) is 2.09. The van der Waals surface area contributed by atoms with E-state index in [1.54, 1.807) is 12.1 Å². The molecule has 0 atom stereocenters. The number of amides is 1. The SMILES string of the molecule is Cc1cc(NN)ccc1C(=O)Nc1ccc(CCO)cc1. The number of benzene rings is 2. The Morgan fingerprint density at radius 3 is 2.38 bits per heavy atom. The van der Waals surface area contributed by atoms with E-state index in [-0.39, 0.29) is 12.5 Å². The van der Waals surface area contributed by atoms with Gasteiger partial charge < -0.3 is 15.8 Å². The molecular weight excluding hydrogens is 266 g/mol. The molecule has 0 aliphatic carbocycles. The summed E-state index contributed by atoms with van der Waals surface area (Å²) >= 11 is 0. The zero-order valence-corrected chi connectivity index (χ0v) is 11.9. The Morgan fingerprint density at radius 2 is 1.81 bits per heavy atom. The van der Waals surface area contributed by atoms with Crippen molar-refractivity contribution in [1.82, 2.24) is 0 Å². The van der Waals surface area contributed by atoms with Gasteiger partial charge in [-0.15, -0.1) is 0 Å². The number of nitrogens with one attached hydrogen (secondary N) is 2. The highest BCUT2D eigenvalue weighted by atomic mass is 16.2. The van der Waals surface area contributed by atoms with Gasteiger partial charge in [-0.3, -0.25) is 10.6 Å². The molecule has 1 amide bonds. The normalized spacial score (nSPS) is 10.2. The Balaban J connectivity index is 2.10. The van der Waals surface area contributed by atoms with Gasteiger partial charge in [0.25, 0.3) is 5.91 Å². The van der Waals surface area contributed by atoms with Crippen LogP contribution in [0.5, 0.6) is 0 Å². The molecule has 0 aliphatic heterocycles. The highest BCUT2D eigenvalue weighted by Crippen LogP contribution is 2.17. The van der Waals surface area contributed by atoms with E-state index in [4.69, 9.17) is 10.9 Å². The standard InChI is InChI=1S/C16H19N3O2/c1-11-10-14(19-17)6-7-15(11)16(21)18-13-4-2-12(3-5-13)8-9-20/h2-7,10,19-20H,8-9,17H2,1H3,(H,18,21). The molecule has 0 aliphatic rings. The van der Waals surface area contributed by atoms with Crippen LogP contribution in [0.1, 0.15) is 21.5 Å². The van der Waals surface area contributed by atoms with E-state index in [2.05, 4.69) is 10.7 Å². The first-order valence-electron chi connectivity index (χ1n) is 6.72. The van der Waals surface area contributed by atoms with E-state index in [0.717, 1.165) is 22.5 Å². The van der Waals surface area contributed by atoms with Gasteiger partial charge in [0.1, 0.15) is 0 Å². The average molecular weight is 285 g/mol. The molecule has 0 radical (unpaired) electrons. The molecule has 2 rings (SSSR count). The molecule has 2 aromatic rings. The monoisotopic (exact) mass is 285 g/mol. The maximum Gasteiger partial charge on any atom is 0.255 e. The van der Waals surface area contributed by atoms with Crippen molar-refractivity contribution in [3.05, 3.63) is 59.2 Å². The van der Waals surface area contributed by atoms with Gasteiger partial charge in [-0.25, -0.2) is 0 Å². The van der Waals surface area contributed by atoms with Crippen molar-refractivity contribution in [3.8, 4) is 0 Å². The fraction of sp³-hybridized carbons (Fsp3) is 0.188. The predicted octanol–water partition coefficient (Wildman–Crippen LogP) is 2.07. The summed E-state index contributed by atoms with van der Waals surface area (Å²) in [5, 5.41) is 11.7. The zero-order chi connectivity index (χ0) is 15.2. The first-order chi connectivity index (χ1) is 10.1. The van der Waals surface area contributed by atoms with Crippen molar-refractivity contribution in [1.29, 1.82) is 0 Å². The van der Waals surface area contributed by atoms with Gasteiger partial charge >= 0.3 is 0 Å². The zero-order valence-electron chi connectivity index (χ0n) is 11.9. The lowest BCUT2D eigenvalue weighted by Gasteiger charge is -2.10. The van der Waals surface area contributed by atoms with Gasteiger partial charge in [0.05, 0.1) is 0 Å². The number of hydrazine groups is 1. The van der Waals surface area contributed by atoms with Crippen molar-refractivity contribution in [3.63, 3.8) is 0 Å². The molecule has 0 heterocycles. The molecule has 5 nitrogen and oxygen atoms in total. The minimum Gasteiger partial charge on any atom is -0.396 e.